The van der Waals surface area contributed by atoms with Gasteiger partial charge in [0.25, 0.3) is 5.56 Å². The van der Waals surface area contributed by atoms with E-state index in [0.29, 0.717) is 10.0 Å². The fraction of sp³-hybridized carbons (Fsp3) is 0.250. The summed E-state index contributed by atoms with van der Waals surface area (Å²) in [5, 5.41) is 4.07. The largest absolute Gasteiger partial charge is 0.295 e. The van der Waals surface area contributed by atoms with Gasteiger partial charge >= 0.3 is 0 Å². The Labute approximate surface area is 108 Å². The van der Waals surface area contributed by atoms with Crippen LogP contribution in [0.4, 0.5) is 0 Å². The zero-order chi connectivity index (χ0) is 12.0. The number of rotatable bonds is 1. The zero-order valence-electron chi connectivity index (χ0n) is 8.96. The van der Waals surface area contributed by atoms with Crippen molar-refractivity contribution < 1.29 is 0 Å². The lowest BCUT2D eigenvalue weighted by molar-refractivity contribution is 0.780. The third kappa shape index (κ3) is 1.70. The van der Waals surface area contributed by atoms with Crippen LogP contribution in [0.1, 0.15) is 17.7 Å². The Kier molecular flexibility index (Phi) is 2.53. The number of nitrogens with one attached hydrogen (secondary N) is 1. The number of hydrogen-bond acceptors (Lipinski definition) is 1. The van der Waals surface area contributed by atoms with Crippen LogP contribution in [0.25, 0.3) is 5.69 Å². The Hall–Kier alpha value is -1.19. The van der Waals surface area contributed by atoms with E-state index in [4.69, 9.17) is 23.2 Å². The number of aryl methyl sites for hydroxylation is 1. The average Bonchev–Trinajstić information content (AvgIpc) is 2.86. The monoisotopic (exact) mass is 268 g/mol. The Morgan fingerprint density at radius 2 is 2.00 bits per heavy atom. The number of halogens is 2. The van der Waals surface area contributed by atoms with Crippen LogP contribution in [0.15, 0.2) is 23.0 Å². The molecule has 0 bridgehead atoms. The molecular weight excluding hydrogens is 259 g/mol. The Morgan fingerprint density at radius 3 is 2.71 bits per heavy atom. The number of fused-ring (bicyclic) bond motifs is 1. The number of hydrogen-bond donors (Lipinski definition) is 1. The Bertz CT molecular complexity index is 642. The molecule has 17 heavy (non-hydrogen) atoms. The fourth-order valence-electron chi connectivity index (χ4n) is 2.23. The molecule has 0 fully saturated rings. The zero-order valence-corrected chi connectivity index (χ0v) is 10.5. The molecule has 1 N–H and O–H groups in total. The van der Waals surface area contributed by atoms with Gasteiger partial charge in [0, 0.05) is 11.3 Å². The van der Waals surface area contributed by atoms with Crippen LogP contribution in [-0.2, 0) is 12.8 Å². The number of aromatic amines is 1. The maximum Gasteiger partial charge on any atom is 0.274 e. The van der Waals surface area contributed by atoms with E-state index in [9.17, 15) is 4.79 Å². The van der Waals surface area contributed by atoms with Crippen molar-refractivity contribution in [1.82, 2.24) is 9.78 Å². The number of nitrogens with zero attached hydrogens (tertiary/aromatic N) is 1. The minimum absolute atomic E-state index is 0.0240. The predicted molar refractivity (Wildman–Crippen MR) is 68.4 cm³/mol. The van der Waals surface area contributed by atoms with Crippen molar-refractivity contribution in [3.8, 4) is 5.69 Å². The summed E-state index contributed by atoms with van der Waals surface area (Å²) in [5.41, 5.74) is 2.69. The van der Waals surface area contributed by atoms with Gasteiger partial charge in [-0.15, -0.1) is 0 Å². The normalized spacial score (nSPS) is 14.0. The highest BCUT2D eigenvalue weighted by Gasteiger charge is 2.19. The van der Waals surface area contributed by atoms with Gasteiger partial charge in [-0.2, -0.15) is 0 Å². The smallest absolute Gasteiger partial charge is 0.274 e. The molecule has 5 heteroatoms. The number of aromatic nitrogens is 2. The molecule has 0 spiro atoms. The van der Waals surface area contributed by atoms with Gasteiger partial charge < -0.3 is 0 Å². The van der Waals surface area contributed by atoms with Crippen LogP contribution in [-0.4, -0.2) is 9.78 Å². The number of benzene rings is 1. The molecule has 1 heterocycles. The van der Waals surface area contributed by atoms with Crippen molar-refractivity contribution >= 4 is 23.2 Å². The van der Waals surface area contributed by atoms with Crippen LogP contribution in [0.3, 0.4) is 0 Å². The lowest BCUT2D eigenvalue weighted by Gasteiger charge is -2.03. The maximum atomic E-state index is 12.1. The first-order chi connectivity index (χ1) is 8.16. The molecule has 0 saturated heterocycles. The van der Waals surface area contributed by atoms with E-state index in [1.54, 1.807) is 18.2 Å². The van der Waals surface area contributed by atoms with Crippen molar-refractivity contribution in [1.29, 1.82) is 0 Å². The summed E-state index contributed by atoms with van der Waals surface area (Å²) >= 11 is 11.8. The summed E-state index contributed by atoms with van der Waals surface area (Å²) in [6, 6.07) is 5.16. The standard InChI is InChI=1S/C12H10Cl2N2O/c13-9-5-4-7(6-10(9)14)16-12(17)8-2-1-3-11(8)15-16/h4-6,15H,1-3H2. The molecule has 2 aromatic rings. The van der Waals surface area contributed by atoms with Crippen molar-refractivity contribution in [2.24, 2.45) is 0 Å². The summed E-state index contributed by atoms with van der Waals surface area (Å²) in [6.07, 6.45) is 2.86. The first-order valence-corrected chi connectivity index (χ1v) is 6.20. The summed E-state index contributed by atoms with van der Waals surface area (Å²) in [7, 11) is 0. The van der Waals surface area contributed by atoms with Gasteiger partial charge in [0.2, 0.25) is 0 Å². The predicted octanol–water partition coefficient (Wildman–Crippen LogP) is 2.96. The molecule has 0 amide bonds. The molecule has 0 aliphatic heterocycles. The highest BCUT2D eigenvalue weighted by molar-refractivity contribution is 6.42. The van der Waals surface area contributed by atoms with E-state index >= 15 is 0 Å². The SMILES string of the molecule is O=c1c2c([nH]n1-c1ccc(Cl)c(Cl)c1)CCC2. The third-order valence-electron chi connectivity index (χ3n) is 3.09. The summed E-state index contributed by atoms with van der Waals surface area (Å²) < 4.78 is 1.53. The van der Waals surface area contributed by atoms with Crippen LogP contribution in [0, 0.1) is 0 Å². The molecule has 0 saturated carbocycles. The van der Waals surface area contributed by atoms with Gasteiger partial charge in [-0.05, 0) is 37.5 Å². The van der Waals surface area contributed by atoms with Crippen molar-refractivity contribution in [3.63, 3.8) is 0 Å². The van der Waals surface area contributed by atoms with Gasteiger partial charge in [0.1, 0.15) is 0 Å². The average molecular weight is 269 g/mol. The summed E-state index contributed by atoms with van der Waals surface area (Å²) in [5.74, 6) is 0. The van der Waals surface area contributed by atoms with E-state index in [-0.39, 0.29) is 5.56 Å². The first kappa shape index (κ1) is 10.9. The third-order valence-corrected chi connectivity index (χ3v) is 3.83. The Balaban J connectivity index is 2.16. The molecule has 3 nitrogen and oxygen atoms in total. The van der Waals surface area contributed by atoms with E-state index < -0.39 is 0 Å². The van der Waals surface area contributed by atoms with Crippen molar-refractivity contribution in [2.45, 2.75) is 19.3 Å². The van der Waals surface area contributed by atoms with Gasteiger partial charge in [-0.1, -0.05) is 23.2 Å². The van der Waals surface area contributed by atoms with Crippen molar-refractivity contribution in [2.75, 3.05) is 0 Å². The fourth-order valence-corrected chi connectivity index (χ4v) is 2.52. The summed E-state index contributed by atoms with van der Waals surface area (Å²) in [6.45, 7) is 0. The second kappa shape index (κ2) is 3.93. The molecule has 1 aliphatic carbocycles. The van der Waals surface area contributed by atoms with E-state index in [1.165, 1.54) is 4.68 Å². The van der Waals surface area contributed by atoms with Gasteiger partial charge in [0.05, 0.1) is 15.7 Å². The van der Waals surface area contributed by atoms with Crippen LogP contribution >= 0.6 is 23.2 Å². The van der Waals surface area contributed by atoms with Crippen LogP contribution in [0.5, 0.6) is 0 Å². The molecule has 0 atom stereocenters. The highest BCUT2D eigenvalue weighted by Crippen LogP contribution is 2.24. The lowest BCUT2D eigenvalue weighted by atomic mass is 10.3. The van der Waals surface area contributed by atoms with Gasteiger partial charge in [0.15, 0.2) is 0 Å². The molecule has 1 aromatic heterocycles. The second-order valence-electron chi connectivity index (χ2n) is 4.16. The minimum Gasteiger partial charge on any atom is -0.295 e. The van der Waals surface area contributed by atoms with E-state index in [1.807, 2.05) is 0 Å². The molecule has 1 aliphatic rings. The number of H-pyrrole nitrogens is 1. The molecule has 1 aromatic carbocycles. The first-order valence-electron chi connectivity index (χ1n) is 5.45. The molecule has 0 radical (unpaired) electrons. The highest BCUT2D eigenvalue weighted by atomic mass is 35.5. The summed E-state index contributed by atoms with van der Waals surface area (Å²) in [4.78, 5) is 12.1. The van der Waals surface area contributed by atoms with Crippen LogP contribution < -0.4 is 5.56 Å². The minimum atomic E-state index is 0.0240. The van der Waals surface area contributed by atoms with Gasteiger partial charge in [-0.3, -0.25) is 9.89 Å². The van der Waals surface area contributed by atoms with E-state index in [2.05, 4.69) is 5.10 Å². The molecule has 88 valence electrons. The Morgan fingerprint density at radius 1 is 1.18 bits per heavy atom. The topological polar surface area (TPSA) is 37.8 Å². The second-order valence-corrected chi connectivity index (χ2v) is 4.98. The molecular formula is C12H10Cl2N2O. The molecule has 3 rings (SSSR count). The molecule has 0 unspecified atom stereocenters. The van der Waals surface area contributed by atoms with E-state index in [0.717, 1.165) is 36.2 Å². The maximum absolute atomic E-state index is 12.1. The van der Waals surface area contributed by atoms with Gasteiger partial charge in [-0.25, -0.2) is 4.68 Å². The lowest BCUT2D eigenvalue weighted by Crippen LogP contribution is -2.17. The van der Waals surface area contributed by atoms with Crippen molar-refractivity contribution in [3.05, 3.63) is 49.9 Å². The van der Waals surface area contributed by atoms with Crippen LogP contribution in [0.2, 0.25) is 10.0 Å². The quantitative estimate of drug-likeness (QED) is 0.849.